The highest BCUT2D eigenvalue weighted by atomic mass is 16.5. The average Bonchev–Trinajstić information content (AvgIpc) is 2.19. The Hall–Kier alpha value is -0.0800. The van der Waals surface area contributed by atoms with Crippen molar-refractivity contribution in [2.75, 3.05) is 19.7 Å². The van der Waals surface area contributed by atoms with E-state index in [0.29, 0.717) is 6.10 Å². The minimum Gasteiger partial charge on any atom is -0.377 e. The monoisotopic (exact) mass is 201 g/mol. The largest absolute Gasteiger partial charge is 0.377 e. The van der Waals surface area contributed by atoms with Crippen LogP contribution in [0.1, 0.15) is 52.9 Å². The Morgan fingerprint density at radius 3 is 2.43 bits per heavy atom. The van der Waals surface area contributed by atoms with Gasteiger partial charge in [-0.15, -0.1) is 0 Å². The summed E-state index contributed by atoms with van der Waals surface area (Å²) in [5.74, 6) is 0. The number of hydrogen-bond acceptors (Lipinski definition) is 2. The summed E-state index contributed by atoms with van der Waals surface area (Å²) in [6.45, 7) is 9.61. The molecule has 1 unspecified atom stereocenters. The van der Waals surface area contributed by atoms with E-state index in [9.17, 15) is 0 Å². The lowest BCUT2D eigenvalue weighted by Gasteiger charge is -2.13. The molecule has 1 atom stereocenters. The Labute approximate surface area is 89.4 Å². The third-order valence-electron chi connectivity index (χ3n) is 2.29. The molecule has 0 radical (unpaired) electrons. The molecule has 86 valence electrons. The van der Waals surface area contributed by atoms with E-state index in [1.165, 1.54) is 32.1 Å². The first kappa shape index (κ1) is 13.9. The van der Waals surface area contributed by atoms with Crippen LogP contribution in [-0.4, -0.2) is 25.8 Å². The third kappa shape index (κ3) is 10.0. The quantitative estimate of drug-likeness (QED) is 0.549. The van der Waals surface area contributed by atoms with E-state index in [1.807, 2.05) is 0 Å². The van der Waals surface area contributed by atoms with Gasteiger partial charge in [-0.05, 0) is 26.3 Å². The van der Waals surface area contributed by atoms with E-state index in [0.717, 1.165) is 19.7 Å². The van der Waals surface area contributed by atoms with Crippen LogP contribution in [0.25, 0.3) is 0 Å². The summed E-state index contributed by atoms with van der Waals surface area (Å²) in [6.07, 6.45) is 6.66. The van der Waals surface area contributed by atoms with Gasteiger partial charge < -0.3 is 10.1 Å². The lowest BCUT2D eigenvalue weighted by molar-refractivity contribution is 0.0633. The Morgan fingerprint density at radius 1 is 1.07 bits per heavy atom. The molecular formula is C12H27NO. The Balaban J connectivity index is 3.07. The van der Waals surface area contributed by atoms with Gasteiger partial charge in [-0.3, -0.25) is 0 Å². The van der Waals surface area contributed by atoms with Gasteiger partial charge in [0.15, 0.2) is 0 Å². The fraction of sp³-hybridized carbons (Fsp3) is 1.00. The number of unbranched alkanes of at least 4 members (excludes halogenated alkanes) is 3. The second-order valence-corrected chi connectivity index (χ2v) is 3.95. The second-order valence-electron chi connectivity index (χ2n) is 3.95. The summed E-state index contributed by atoms with van der Waals surface area (Å²) >= 11 is 0. The van der Waals surface area contributed by atoms with E-state index in [-0.39, 0.29) is 0 Å². The molecule has 0 aliphatic rings. The first-order chi connectivity index (χ1) is 6.81. The van der Waals surface area contributed by atoms with Crippen molar-refractivity contribution >= 4 is 0 Å². The topological polar surface area (TPSA) is 21.3 Å². The molecule has 0 amide bonds. The van der Waals surface area contributed by atoms with Crippen LogP contribution in [0, 0.1) is 0 Å². The molecule has 1 N–H and O–H groups in total. The number of rotatable bonds is 10. The van der Waals surface area contributed by atoms with Gasteiger partial charge in [-0.25, -0.2) is 0 Å². The van der Waals surface area contributed by atoms with Crippen molar-refractivity contribution in [3.63, 3.8) is 0 Å². The normalized spacial score (nSPS) is 13.1. The summed E-state index contributed by atoms with van der Waals surface area (Å²) in [6, 6.07) is 0. The highest BCUT2D eigenvalue weighted by molar-refractivity contribution is 4.55. The van der Waals surface area contributed by atoms with Crippen LogP contribution in [-0.2, 0) is 4.74 Å². The molecule has 0 aromatic carbocycles. The summed E-state index contributed by atoms with van der Waals surface area (Å²) in [5, 5.41) is 3.40. The van der Waals surface area contributed by atoms with Crippen LogP contribution in [0.5, 0.6) is 0 Å². The van der Waals surface area contributed by atoms with Crippen molar-refractivity contribution in [1.29, 1.82) is 0 Å². The average molecular weight is 201 g/mol. The maximum Gasteiger partial charge on any atom is 0.0671 e. The van der Waals surface area contributed by atoms with Gasteiger partial charge >= 0.3 is 0 Å². The minimum absolute atomic E-state index is 0.365. The van der Waals surface area contributed by atoms with Crippen molar-refractivity contribution in [1.82, 2.24) is 5.32 Å². The predicted molar refractivity (Wildman–Crippen MR) is 62.7 cm³/mol. The molecule has 0 aliphatic carbocycles. The molecule has 0 aromatic rings. The van der Waals surface area contributed by atoms with Gasteiger partial charge in [0.1, 0.15) is 0 Å². The van der Waals surface area contributed by atoms with Gasteiger partial charge in [-0.1, -0.05) is 33.1 Å². The van der Waals surface area contributed by atoms with Crippen LogP contribution in [0.2, 0.25) is 0 Å². The summed E-state index contributed by atoms with van der Waals surface area (Å²) in [4.78, 5) is 0. The molecule has 2 heteroatoms. The van der Waals surface area contributed by atoms with E-state index >= 15 is 0 Å². The van der Waals surface area contributed by atoms with Crippen molar-refractivity contribution in [3.8, 4) is 0 Å². The molecule has 2 nitrogen and oxygen atoms in total. The summed E-state index contributed by atoms with van der Waals surface area (Å²) < 4.78 is 5.66. The van der Waals surface area contributed by atoms with Crippen LogP contribution in [0.15, 0.2) is 0 Å². The van der Waals surface area contributed by atoms with Gasteiger partial charge in [0.2, 0.25) is 0 Å². The van der Waals surface area contributed by atoms with Gasteiger partial charge in [0.05, 0.1) is 6.10 Å². The molecule has 0 rings (SSSR count). The lowest BCUT2D eigenvalue weighted by atomic mass is 10.3. The fourth-order valence-electron chi connectivity index (χ4n) is 1.30. The van der Waals surface area contributed by atoms with Gasteiger partial charge in [0, 0.05) is 13.2 Å². The molecule has 0 spiro atoms. The lowest BCUT2D eigenvalue weighted by Crippen LogP contribution is -2.27. The molecule has 14 heavy (non-hydrogen) atoms. The van der Waals surface area contributed by atoms with Crippen LogP contribution in [0.4, 0.5) is 0 Å². The molecular weight excluding hydrogens is 174 g/mol. The highest BCUT2D eigenvalue weighted by Gasteiger charge is 2.00. The van der Waals surface area contributed by atoms with Crippen LogP contribution < -0.4 is 5.32 Å². The van der Waals surface area contributed by atoms with Gasteiger partial charge in [0.25, 0.3) is 0 Å². The first-order valence-electron chi connectivity index (χ1n) is 6.13. The summed E-state index contributed by atoms with van der Waals surface area (Å²) in [7, 11) is 0. The van der Waals surface area contributed by atoms with Crippen molar-refractivity contribution in [2.45, 2.75) is 59.0 Å². The minimum atomic E-state index is 0.365. The zero-order valence-electron chi connectivity index (χ0n) is 10.1. The molecule has 0 aromatic heterocycles. The van der Waals surface area contributed by atoms with Crippen molar-refractivity contribution < 1.29 is 4.74 Å². The van der Waals surface area contributed by atoms with Crippen LogP contribution in [0.3, 0.4) is 0 Å². The predicted octanol–water partition coefficient (Wildman–Crippen LogP) is 2.97. The van der Waals surface area contributed by atoms with Crippen molar-refractivity contribution in [3.05, 3.63) is 0 Å². The van der Waals surface area contributed by atoms with Crippen LogP contribution >= 0.6 is 0 Å². The van der Waals surface area contributed by atoms with E-state index in [1.54, 1.807) is 0 Å². The van der Waals surface area contributed by atoms with E-state index in [4.69, 9.17) is 4.74 Å². The van der Waals surface area contributed by atoms with E-state index in [2.05, 4.69) is 26.1 Å². The first-order valence-corrected chi connectivity index (χ1v) is 6.13. The Bertz CT molecular complexity index is 94.5. The highest BCUT2D eigenvalue weighted by Crippen LogP contribution is 1.97. The van der Waals surface area contributed by atoms with Crippen molar-refractivity contribution in [2.24, 2.45) is 0 Å². The molecule has 0 saturated carbocycles. The summed E-state index contributed by atoms with van der Waals surface area (Å²) in [5.41, 5.74) is 0. The molecule has 0 bridgehead atoms. The SMILES string of the molecule is CCCCCOC(C)CNCCCC. The maximum absolute atomic E-state index is 5.66. The Morgan fingerprint density at radius 2 is 1.79 bits per heavy atom. The molecule has 0 fully saturated rings. The van der Waals surface area contributed by atoms with E-state index < -0.39 is 0 Å². The molecule has 0 heterocycles. The smallest absolute Gasteiger partial charge is 0.0671 e. The number of nitrogens with one attached hydrogen (secondary N) is 1. The Kier molecular flexibility index (Phi) is 10.9. The molecule has 0 aliphatic heterocycles. The maximum atomic E-state index is 5.66. The standard InChI is InChI=1S/C12H27NO/c1-4-6-8-10-14-12(3)11-13-9-7-5-2/h12-13H,4-11H2,1-3H3. The van der Waals surface area contributed by atoms with Gasteiger partial charge in [-0.2, -0.15) is 0 Å². The second kappa shape index (κ2) is 11.0. The molecule has 0 saturated heterocycles. The zero-order chi connectivity index (χ0) is 10.6. The number of ether oxygens (including phenoxy) is 1. The third-order valence-corrected chi connectivity index (χ3v) is 2.29. The zero-order valence-corrected chi connectivity index (χ0v) is 10.1. The fourth-order valence-corrected chi connectivity index (χ4v) is 1.30. The number of hydrogen-bond donors (Lipinski definition) is 1.